The van der Waals surface area contributed by atoms with Crippen LogP contribution < -0.4 is 0 Å². The topological polar surface area (TPSA) is 27.1 Å². The van der Waals surface area contributed by atoms with E-state index in [1.165, 1.54) is 44.9 Å². The summed E-state index contributed by atoms with van der Waals surface area (Å²) in [6.45, 7) is 2.97. The normalized spacial score (nSPS) is 27.0. The molecule has 20 heavy (non-hydrogen) atoms. The van der Waals surface area contributed by atoms with Gasteiger partial charge in [-0.15, -0.1) is 11.6 Å². The van der Waals surface area contributed by atoms with Crippen LogP contribution in [0.1, 0.15) is 69.2 Å². The van der Waals surface area contributed by atoms with Gasteiger partial charge in [-0.1, -0.05) is 26.2 Å². The highest BCUT2D eigenvalue weighted by Gasteiger charge is 2.40. The second kappa shape index (κ2) is 6.07. The molecule has 2 aliphatic rings. The average Bonchev–Trinajstić information content (AvgIpc) is 3.07. The maximum absolute atomic E-state index is 6.40. The van der Waals surface area contributed by atoms with Gasteiger partial charge >= 0.3 is 0 Å². The van der Waals surface area contributed by atoms with Gasteiger partial charge in [0.2, 0.25) is 0 Å². The van der Waals surface area contributed by atoms with Crippen LogP contribution in [0.4, 0.5) is 0 Å². The van der Waals surface area contributed by atoms with Gasteiger partial charge in [0.1, 0.15) is 0 Å². The van der Waals surface area contributed by atoms with Gasteiger partial charge in [-0.25, -0.2) is 0 Å². The molecule has 4 heteroatoms. The molecule has 1 aliphatic heterocycles. The van der Waals surface area contributed by atoms with E-state index in [4.69, 9.17) is 16.3 Å². The Hall–Kier alpha value is -0.540. The lowest BCUT2D eigenvalue weighted by Crippen LogP contribution is -2.32. The molecule has 0 bridgehead atoms. The fourth-order valence-electron chi connectivity index (χ4n) is 3.67. The molecule has 2 fully saturated rings. The summed E-state index contributed by atoms with van der Waals surface area (Å²) >= 11 is 6.25. The van der Waals surface area contributed by atoms with Crippen LogP contribution >= 0.6 is 11.6 Å². The van der Waals surface area contributed by atoms with Crippen molar-refractivity contribution in [2.45, 2.75) is 81.9 Å². The highest BCUT2D eigenvalue weighted by Crippen LogP contribution is 2.42. The highest BCUT2D eigenvalue weighted by atomic mass is 35.5. The average molecular weight is 297 g/mol. The molecule has 0 amide bonds. The quantitative estimate of drug-likeness (QED) is 0.767. The van der Waals surface area contributed by atoms with E-state index in [1.54, 1.807) is 0 Å². The van der Waals surface area contributed by atoms with Crippen LogP contribution in [0.3, 0.4) is 0 Å². The molecule has 1 aliphatic carbocycles. The predicted molar refractivity (Wildman–Crippen MR) is 81.0 cm³/mol. The third-order valence-electron chi connectivity index (χ3n) is 4.87. The van der Waals surface area contributed by atoms with Crippen LogP contribution in [0.5, 0.6) is 0 Å². The second-order valence-electron chi connectivity index (χ2n) is 6.39. The number of hydrogen-bond donors (Lipinski definition) is 0. The van der Waals surface area contributed by atoms with Crippen molar-refractivity contribution in [3.63, 3.8) is 0 Å². The smallest absolute Gasteiger partial charge is 0.0779 e. The Morgan fingerprint density at radius 2 is 2.20 bits per heavy atom. The summed E-state index contributed by atoms with van der Waals surface area (Å²) in [6, 6.07) is 0. The zero-order valence-corrected chi connectivity index (χ0v) is 13.1. The van der Waals surface area contributed by atoms with Crippen LogP contribution in [-0.4, -0.2) is 21.5 Å². The standard InChI is InChI=1S/C16H25ClN2O/c1-2-15(17)13-10-18-19(11-13)12-14-6-9-16(20-14)7-4-3-5-8-16/h10-11,14-15H,2-9,12H2,1H3. The van der Waals surface area contributed by atoms with Gasteiger partial charge in [0.15, 0.2) is 0 Å². The summed E-state index contributed by atoms with van der Waals surface area (Å²) in [4.78, 5) is 0. The van der Waals surface area contributed by atoms with Crippen molar-refractivity contribution in [2.24, 2.45) is 0 Å². The largest absolute Gasteiger partial charge is 0.370 e. The molecule has 2 atom stereocenters. The van der Waals surface area contributed by atoms with E-state index in [0.717, 1.165) is 18.5 Å². The summed E-state index contributed by atoms with van der Waals surface area (Å²) in [5.74, 6) is 0. The van der Waals surface area contributed by atoms with Crippen LogP contribution in [0.15, 0.2) is 12.4 Å². The first-order valence-corrected chi connectivity index (χ1v) is 8.49. The lowest BCUT2D eigenvalue weighted by Gasteiger charge is -2.33. The third kappa shape index (κ3) is 3.04. The number of hydrogen-bond acceptors (Lipinski definition) is 2. The summed E-state index contributed by atoms with van der Waals surface area (Å²) in [5.41, 5.74) is 1.33. The molecule has 0 N–H and O–H groups in total. The van der Waals surface area contributed by atoms with E-state index in [9.17, 15) is 0 Å². The molecule has 0 radical (unpaired) electrons. The summed E-state index contributed by atoms with van der Waals surface area (Å²) in [7, 11) is 0. The molecule has 112 valence electrons. The van der Waals surface area contributed by atoms with E-state index in [1.807, 2.05) is 10.9 Å². The zero-order chi connectivity index (χ0) is 14.0. The lowest BCUT2D eigenvalue weighted by molar-refractivity contribution is -0.0688. The Balaban J connectivity index is 1.57. The lowest BCUT2D eigenvalue weighted by atomic mass is 9.83. The van der Waals surface area contributed by atoms with Crippen LogP contribution in [0.2, 0.25) is 0 Å². The van der Waals surface area contributed by atoms with Gasteiger partial charge in [-0.2, -0.15) is 5.10 Å². The number of ether oxygens (including phenoxy) is 1. The SMILES string of the molecule is CCC(Cl)c1cnn(CC2CCC3(CCCCC3)O2)c1. The fraction of sp³-hybridized carbons (Fsp3) is 0.812. The molecule has 1 aromatic heterocycles. The van der Waals surface area contributed by atoms with Gasteiger partial charge in [0.25, 0.3) is 0 Å². The van der Waals surface area contributed by atoms with E-state index in [0.29, 0.717) is 6.10 Å². The molecule has 2 unspecified atom stereocenters. The van der Waals surface area contributed by atoms with E-state index < -0.39 is 0 Å². The number of aromatic nitrogens is 2. The van der Waals surface area contributed by atoms with Gasteiger partial charge in [-0.05, 0) is 32.1 Å². The summed E-state index contributed by atoms with van der Waals surface area (Å²) in [6.07, 6.45) is 14.2. The maximum atomic E-state index is 6.40. The molecule has 0 aromatic carbocycles. The number of rotatable bonds is 4. The van der Waals surface area contributed by atoms with Gasteiger partial charge in [0, 0.05) is 11.8 Å². The summed E-state index contributed by atoms with van der Waals surface area (Å²) < 4.78 is 8.40. The van der Waals surface area contributed by atoms with Crippen molar-refractivity contribution in [3.8, 4) is 0 Å². The summed E-state index contributed by atoms with van der Waals surface area (Å²) in [5, 5.41) is 4.52. The molecule has 1 aromatic rings. The molecule has 3 rings (SSSR count). The first kappa shape index (κ1) is 14.4. The number of halogens is 1. The Bertz CT molecular complexity index is 439. The highest BCUT2D eigenvalue weighted by molar-refractivity contribution is 6.20. The minimum atomic E-state index is 0.0814. The molecule has 1 saturated carbocycles. The number of nitrogens with zero attached hydrogens (tertiary/aromatic N) is 2. The van der Waals surface area contributed by atoms with Crippen LogP contribution in [-0.2, 0) is 11.3 Å². The molecule has 3 nitrogen and oxygen atoms in total. The van der Waals surface area contributed by atoms with Crippen molar-refractivity contribution < 1.29 is 4.74 Å². The van der Waals surface area contributed by atoms with Gasteiger partial charge in [-0.3, -0.25) is 4.68 Å². The Morgan fingerprint density at radius 3 is 2.95 bits per heavy atom. The van der Waals surface area contributed by atoms with Gasteiger partial charge < -0.3 is 4.74 Å². The Kier molecular flexibility index (Phi) is 4.37. The Morgan fingerprint density at radius 1 is 1.40 bits per heavy atom. The molecule has 1 saturated heterocycles. The third-order valence-corrected chi connectivity index (χ3v) is 5.43. The van der Waals surface area contributed by atoms with E-state index >= 15 is 0 Å². The molecule has 2 heterocycles. The van der Waals surface area contributed by atoms with Crippen molar-refractivity contribution in [1.82, 2.24) is 9.78 Å². The minimum Gasteiger partial charge on any atom is -0.370 e. The Labute approximate surface area is 126 Å². The monoisotopic (exact) mass is 296 g/mol. The van der Waals surface area contributed by atoms with Crippen molar-refractivity contribution in [2.75, 3.05) is 0 Å². The number of alkyl halides is 1. The zero-order valence-electron chi connectivity index (χ0n) is 12.4. The second-order valence-corrected chi connectivity index (χ2v) is 6.92. The predicted octanol–water partition coefficient (Wildman–Crippen LogP) is 4.45. The van der Waals surface area contributed by atoms with E-state index in [2.05, 4.69) is 18.2 Å². The minimum absolute atomic E-state index is 0.0814. The van der Waals surface area contributed by atoms with E-state index in [-0.39, 0.29) is 11.0 Å². The van der Waals surface area contributed by atoms with Crippen molar-refractivity contribution in [3.05, 3.63) is 18.0 Å². The van der Waals surface area contributed by atoms with Crippen molar-refractivity contribution >= 4 is 11.6 Å². The van der Waals surface area contributed by atoms with Crippen molar-refractivity contribution in [1.29, 1.82) is 0 Å². The maximum Gasteiger partial charge on any atom is 0.0779 e. The van der Waals surface area contributed by atoms with Crippen LogP contribution in [0.25, 0.3) is 0 Å². The van der Waals surface area contributed by atoms with Gasteiger partial charge in [0.05, 0.1) is 29.8 Å². The van der Waals surface area contributed by atoms with Crippen LogP contribution in [0, 0.1) is 0 Å². The first-order valence-electron chi connectivity index (χ1n) is 8.05. The first-order chi connectivity index (χ1) is 9.71. The molecular formula is C16H25ClN2O. The molecular weight excluding hydrogens is 272 g/mol. The molecule has 1 spiro atoms. The fourth-order valence-corrected chi connectivity index (χ4v) is 3.79.